The summed E-state index contributed by atoms with van der Waals surface area (Å²) < 4.78 is 10.9. The van der Waals surface area contributed by atoms with Crippen molar-refractivity contribution in [1.82, 2.24) is 9.80 Å². The number of hydrogen-bond acceptors (Lipinski definition) is 6. The van der Waals surface area contributed by atoms with Gasteiger partial charge in [-0.2, -0.15) is 0 Å². The van der Waals surface area contributed by atoms with E-state index < -0.39 is 12.0 Å². The maximum atomic E-state index is 13.5. The summed E-state index contributed by atoms with van der Waals surface area (Å²) in [5.41, 5.74) is 0.930. The van der Waals surface area contributed by atoms with E-state index in [1.54, 1.807) is 4.90 Å². The summed E-state index contributed by atoms with van der Waals surface area (Å²) in [6.45, 7) is 4.37. The van der Waals surface area contributed by atoms with Crippen LogP contribution in [0.3, 0.4) is 0 Å². The van der Waals surface area contributed by atoms with Crippen molar-refractivity contribution in [3.8, 4) is 0 Å². The molecule has 0 bridgehead atoms. The smallest absolute Gasteiger partial charge is 0.417 e. The van der Waals surface area contributed by atoms with Gasteiger partial charge in [0, 0.05) is 12.1 Å². The van der Waals surface area contributed by atoms with Crippen molar-refractivity contribution in [3.05, 3.63) is 35.9 Å². The van der Waals surface area contributed by atoms with Gasteiger partial charge in [0.25, 0.3) is 0 Å². The van der Waals surface area contributed by atoms with Crippen LogP contribution < -0.4 is 0 Å². The quantitative estimate of drug-likeness (QED) is 0.280. The van der Waals surface area contributed by atoms with Crippen molar-refractivity contribution in [2.24, 2.45) is 10.9 Å². The summed E-state index contributed by atoms with van der Waals surface area (Å²) in [5, 5.41) is 0. The number of rotatable bonds is 11. The Bertz CT molecular complexity index is 905. The van der Waals surface area contributed by atoms with Gasteiger partial charge in [0.2, 0.25) is 5.96 Å². The molecule has 3 aliphatic rings. The van der Waals surface area contributed by atoms with E-state index in [1.807, 2.05) is 37.3 Å². The molecular weight excluding hydrogens is 454 g/mol. The van der Waals surface area contributed by atoms with Crippen molar-refractivity contribution >= 4 is 18.0 Å². The van der Waals surface area contributed by atoms with E-state index in [1.165, 1.54) is 52.1 Å². The molecule has 2 saturated heterocycles. The van der Waals surface area contributed by atoms with E-state index in [0.717, 1.165) is 31.2 Å². The summed E-state index contributed by atoms with van der Waals surface area (Å²) in [5.74, 6) is 0.0218. The Kier molecular flexibility index (Phi) is 9.27. The van der Waals surface area contributed by atoms with Crippen LogP contribution in [-0.4, -0.2) is 59.1 Å². The fraction of sp³-hybridized carbons (Fsp3) is 0.690. The number of carbonyl (C=O) groups is 2. The highest BCUT2D eigenvalue weighted by atomic mass is 16.6. The lowest BCUT2D eigenvalue weighted by Crippen LogP contribution is -2.67. The SMILES string of the molecule is CCCCCCCCC[C@@H]1C[C@@H]2CC[C@H]3[C@@H](C(=O)OC)[C@@H](C)N(C(=O)OCc4ccccc4)C(=N1)N23. The average molecular weight is 498 g/mol. The van der Waals surface area contributed by atoms with E-state index in [2.05, 4.69) is 11.8 Å². The number of ether oxygens (including phenoxy) is 2. The molecule has 7 nitrogen and oxygen atoms in total. The van der Waals surface area contributed by atoms with Crippen LogP contribution in [-0.2, 0) is 20.9 Å². The molecule has 0 unspecified atom stereocenters. The number of carbonyl (C=O) groups excluding carboxylic acids is 2. The van der Waals surface area contributed by atoms with Gasteiger partial charge in [0.05, 0.1) is 25.1 Å². The van der Waals surface area contributed by atoms with E-state index in [0.29, 0.717) is 12.0 Å². The third-order valence-electron chi connectivity index (χ3n) is 8.19. The summed E-state index contributed by atoms with van der Waals surface area (Å²) in [6, 6.07) is 9.83. The Labute approximate surface area is 216 Å². The molecule has 198 valence electrons. The van der Waals surface area contributed by atoms with Gasteiger partial charge in [-0.1, -0.05) is 82.2 Å². The Hall–Kier alpha value is -2.57. The first kappa shape index (κ1) is 26.5. The largest absolute Gasteiger partial charge is 0.469 e. The molecule has 36 heavy (non-hydrogen) atoms. The number of hydrogen-bond donors (Lipinski definition) is 0. The third-order valence-corrected chi connectivity index (χ3v) is 8.19. The number of aliphatic imine (C=N–C) groups is 1. The highest BCUT2D eigenvalue weighted by molar-refractivity contribution is 5.97. The first-order valence-electron chi connectivity index (χ1n) is 14.0. The normalized spacial score (nSPS) is 26.9. The molecule has 3 heterocycles. The van der Waals surface area contributed by atoms with Crippen LogP contribution >= 0.6 is 0 Å². The molecule has 7 heteroatoms. The van der Waals surface area contributed by atoms with Gasteiger partial charge in [-0.05, 0) is 38.2 Å². The van der Waals surface area contributed by atoms with E-state index in [9.17, 15) is 9.59 Å². The number of guanidine groups is 1. The first-order chi connectivity index (χ1) is 17.5. The molecule has 1 aromatic carbocycles. The Morgan fingerprint density at radius 2 is 1.75 bits per heavy atom. The molecule has 0 aliphatic carbocycles. The van der Waals surface area contributed by atoms with Crippen molar-refractivity contribution in [1.29, 1.82) is 0 Å². The van der Waals surface area contributed by atoms with Gasteiger partial charge in [-0.25, -0.2) is 14.7 Å². The summed E-state index contributed by atoms with van der Waals surface area (Å²) >= 11 is 0. The Morgan fingerprint density at radius 3 is 2.47 bits per heavy atom. The predicted octanol–water partition coefficient (Wildman–Crippen LogP) is 5.92. The second-order valence-corrected chi connectivity index (χ2v) is 10.6. The van der Waals surface area contributed by atoms with Crippen molar-refractivity contribution < 1.29 is 19.1 Å². The van der Waals surface area contributed by atoms with Crippen LogP contribution in [0.5, 0.6) is 0 Å². The van der Waals surface area contributed by atoms with Crippen LogP contribution in [0.25, 0.3) is 0 Å². The highest BCUT2D eigenvalue weighted by Crippen LogP contribution is 2.43. The number of esters is 1. The third kappa shape index (κ3) is 5.87. The minimum Gasteiger partial charge on any atom is -0.469 e. The maximum absolute atomic E-state index is 13.5. The number of unbranched alkanes of at least 4 members (excludes halogenated alkanes) is 6. The summed E-state index contributed by atoms with van der Waals surface area (Å²) in [4.78, 5) is 35.3. The van der Waals surface area contributed by atoms with E-state index >= 15 is 0 Å². The molecule has 1 amide bonds. The standard InChI is InChI=1S/C29H43N3O4/c1-4-5-6-7-8-9-13-16-23-19-24-17-18-25-26(27(33)35-3)21(2)31(28(30-23)32(24)25)29(34)36-20-22-14-11-10-12-15-22/h10-12,14-15,21,23-26H,4-9,13,16-20H2,1-3H3/t21-,23-,24+,25+,26+/m1/s1. The zero-order chi connectivity index (χ0) is 25.5. The Balaban J connectivity index is 1.49. The lowest BCUT2D eigenvalue weighted by atomic mass is 9.87. The number of nitrogens with zero attached hydrogens (tertiary/aromatic N) is 3. The number of methoxy groups -OCH3 is 1. The van der Waals surface area contributed by atoms with Gasteiger partial charge in [-0.3, -0.25) is 4.79 Å². The topological polar surface area (TPSA) is 71.4 Å². The van der Waals surface area contributed by atoms with Crippen LogP contribution in [0.4, 0.5) is 4.79 Å². The van der Waals surface area contributed by atoms with Gasteiger partial charge in [0.1, 0.15) is 6.61 Å². The summed E-state index contributed by atoms with van der Waals surface area (Å²) in [6.07, 6.45) is 12.5. The number of benzene rings is 1. The molecule has 0 saturated carbocycles. The monoisotopic (exact) mass is 497 g/mol. The molecule has 1 aromatic rings. The Morgan fingerprint density at radius 1 is 1.03 bits per heavy atom. The van der Waals surface area contributed by atoms with Crippen molar-refractivity contribution in [2.75, 3.05) is 7.11 Å². The van der Waals surface area contributed by atoms with Gasteiger partial charge in [0.15, 0.2) is 0 Å². The average Bonchev–Trinajstić information content (AvgIpc) is 3.31. The molecule has 5 atom stereocenters. The fourth-order valence-corrected chi connectivity index (χ4v) is 6.30. The van der Waals surface area contributed by atoms with Crippen molar-refractivity contribution in [3.63, 3.8) is 0 Å². The molecule has 4 rings (SSSR count). The lowest BCUT2D eigenvalue weighted by molar-refractivity contribution is -0.150. The molecular formula is C29H43N3O4. The zero-order valence-electron chi connectivity index (χ0n) is 22.2. The maximum Gasteiger partial charge on any atom is 0.417 e. The minimum absolute atomic E-state index is 0.0221. The van der Waals surface area contributed by atoms with Crippen molar-refractivity contribution in [2.45, 2.75) is 115 Å². The van der Waals surface area contributed by atoms with Crippen LogP contribution in [0, 0.1) is 5.92 Å². The lowest BCUT2D eigenvalue weighted by Gasteiger charge is -2.51. The van der Waals surface area contributed by atoms with Crippen LogP contribution in [0.1, 0.15) is 90.0 Å². The molecule has 0 N–H and O–H groups in total. The van der Waals surface area contributed by atoms with Gasteiger partial charge < -0.3 is 14.4 Å². The second-order valence-electron chi connectivity index (χ2n) is 10.6. The molecule has 0 radical (unpaired) electrons. The molecule has 0 aromatic heterocycles. The van der Waals surface area contributed by atoms with Gasteiger partial charge in [-0.15, -0.1) is 0 Å². The van der Waals surface area contributed by atoms with E-state index in [4.69, 9.17) is 14.5 Å². The van der Waals surface area contributed by atoms with E-state index in [-0.39, 0.29) is 30.7 Å². The summed E-state index contributed by atoms with van der Waals surface area (Å²) in [7, 11) is 1.43. The molecule has 2 fully saturated rings. The molecule has 0 spiro atoms. The fourth-order valence-electron chi connectivity index (χ4n) is 6.30. The van der Waals surface area contributed by atoms with Crippen LogP contribution in [0.2, 0.25) is 0 Å². The molecule has 3 aliphatic heterocycles. The highest BCUT2D eigenvalue weighted by Gasteiger charge is 2.55. The predicted molar refractivity (Wildman–Crippen MR) is 141 cm³/mol. The van der Waals surface area contributed by atoms with Crippen LogP contribution in [0.15, 0.2) is 35.3 Å². The number of amides is 1. The zero-order valence-corrected chi connectivity index (χ0v) is 22.2. The second kappa shape index (κ2) is 12.6. The first-order valence-corrected chi connectivity index (χ1v) is 14.0. The minimum atomic E-state index is -0.445. The van der Waals surface area contributed by atoms with Gasteiger partial charge >= 0.3 is 12.1 Å².